The number of aromatic nitrogens is 2. The first kappa shape index (κ1) is 14.9. The third kappa shape index (κ3) is 3.97. The van der Waals surface area contributed by atoms with Crippen molar-refractivity contribution in [3.05, 3.63) is 18.0 Å². The van der Waals surface area contributed by atoms with Crippen molar-refractivity contribution in [1.29, 1.82) is 0 Å². The first-order chi connectivity index (χ1) is 8.36. The molecule has 0 saturated carbocycles. The largest absolute Gasteiger partial charge is 0.319 e. The quantitative estimate of drug-likeness (QED) is 0.770. The predicted octanol–water partition coefficient (Wildman–Crippen LogP) is 2.84. The summed E-state index contributed by atoms with van der Waals surface area (Å²) in [5.74, 6) is -4.00. The number of alkyl halides is 4. The van der Waals surface area contributed by atoms with Crippen LogP contribution in [0.25, 0.3) is 0 Å². The van der Waals surface area contributed by atoms with Gasteiger partial charge in [-0.25, -0.2) is 8.78 Å². The van der Waals surface area contributed by atoms with Crippen LogP contribution in [0.3, 0.4) is 0 Å². The number of rotatable bonds is 7. The van der Waals surface area contributed by atoms with Crippen LogP contribution in [0.15, 0.2) is 12.3 Å². The van der Waals surface area contributed by atoms with Crippen LogP contribution in [0.5, 0.6) is 0 Å². The van der Waals surface area contributed by atoms with Gasteiger partial charge in [0.2, 0.25) is 0 Å². The van der Waals surface area contributed by atoms with E-state index < -0.39 is 18.9 Å². The Balaban J connectivity index is 2.43. The molecule has 1 N–H and O–H groups in total. The number of nitrogens with zero attached hydrogens (tertiary/aromatic N) is 2. The molecule has 104 valence electrons. The van der Waals surface area contributed by atoms with Crippen LogP contribution < -0.4 is 5.32 Å². The van der Waals surface area contributed by atoms with E-state index in [1.54, 1.807) is 16.9 Å². The Bertz CT molecular complexity index is 365. The van der Waals surface area contributed by atoms with Gasteiger partial charge in [-0.15, -0.1) is 0 Å². The van der Waals surface area contributed by atoms with Crippen molar-refractivity contribution in [3.8, 4) is 0 Å². The third-order valence-electron chi connectivity index (χ3n) is 2.69. The van der Waals surface area contributed by atoms with Crippen LogP contribution in [0.4, 0.5) is 17.6 Å². The van der Waals surface area contributed by atoms with Crippen LogP contribution in [0.2, 0.25) is 0 Å². The van der Waals surface area contributed by atoms with Gasteiger partial charge in [-0.05, 0) is 19.4 Å². The molecule has 0 aliphatic carbocycles. The van der Waals surface area contributed by atoms with Gasteiger partial charge in [-0.2, -0.15) is 13.9 Å². The smallest absolute Gasteiger partial charge is 0.305 e. The van der Waals surface area contributed by atoms with Crippen molar-refractivity contribution in [2.75, 3.05) is 6.54 Å². The van der Waals surface area contributed by atoms with E-state index in [-0.39, 0.29) is 12.6 Å². The van der Waals surface area contributed by atoms with E-state index in [0.717, 1.165) is 6.42 Å². The molecule has 0 aliphatic rings. The highest BCUT2D eigenvalue weighted by molar-refractivity contribution is 4.99. The van der Waals surface area contributed by atoms with Gasteiger partial charge in [-0.3, -0.25) is 4.68 Å². The van der Waals surface area contributed by atoms with E-state index >= 15 is 0 Å². The molecular formula is C11H17F4N3. The van der Waals surface area contributed by atoms with E-state index in [4.69, 9.17) is 0 Å². The molecule has 1 unspecified atom stereocenters. The zero-order valence-corrected chi connectivity index (χ0v) is 10.3. The molecule has 0 aliphatic heterocycles. The van der Waals surface area contributed by atoms with Gasteiger partial charge >= 0.3 is 12.3 Å². The molecular weight excluding hydrogens is 250 g/mol. The Labute approximate surface area is 103 Å². The van der Waals surface area contributed by atoms with E-state index in [2.05, 4.69) is 10.4 Å². The summed E-state index contributed by atoms with van der Waals surface area (Å²) in [6.45, 7) is 2.98. The van der Waals surface area contributed by atoms with Crippen molar-refractivity contribution in [3.63, 3.8) is 0 Å². The Morgan fingerprint density at radius 2 is 2.11 bits per heavy atom. The van der Waals surface area contributed by atoms with Crippen molar-refractivity contribution in [1.82, 2.24) is 15.1 Å². The summed E-state index contributed by atoms with van der Waals surface area (Å²) in [5, 5.41) is 6.45. The summed E-state index contributed by atoms with van der Waals surface area (Å²) in [6, 6.07) is 1.90. The fraction of sp³-hybridized carbons (Fsp3) is 0.727. The number of hydrogen-bond acceptors (Lipinski definition) is 2. The van der Waals surface area contributed by atoms with Gasteiger partial charge in [0, 0.05) is 18.8 Å². The van der Waals surface area contributed by atoms with E-state index in [9.17, 15) is 17.6 Å². The summed E-state index contributed by atoms with van der Waals surface area (Å²) in [7, 11) is 0. The molecule has 1 atom stereocenters. The third-order valence-corrected chi connectivity index (χ3v) is 2.69. The lowest BCUT2D eigenvalue weighted by molar-refractivity contribution is -0.125. The Morgan fingerprint density at radius 1 is 1.44 bits per heavy atom. The first-order valence-corrected chi connectivity index (χ1v) is 5.77. The van der Waals surface area contributed by atoms with Gasteiger partial charge in [0.15, 0.2) is 0 Å². The summed E-state index contributed by atoms with van der Waals surface area (Å²) in [6.07, 6.45) is -1.00. The minimum atomic E-state index is -4.00. The molecule has 0 amide bonds. The lowest BCUT2D eigenvalue weighted by Gasteiger charge is -2.15. The SMILES string of the molecule is CCC(C)n1ccc(CNCC(F)(F)C(F)F)n1. The van der Waals surface area contributed by atoms with Crippen LogP contribution in [-0.4, -0.2) is 28.7 Å². The molecule has 1 heterocycles. The summed E-state index contributed by atoms with van der Waals surface area (Å²) in [5.41, 5.74) is 0.556. The zero-order valence-electron chi connectivity index (χ0n) is 10.3. The second-order valence-corrected chi connectivity index (χ2v) is 4.21. The Hall–Kier alpha value is -1.11. The average molecular weight is 267 g/mol. The summed E-state index contributed by atoms with van der Waals surface area (Å²) >= 11 is 0. The van der Waals surface area contributed by atoms with Crippen LogP contribution >= 0.6 is 0 Å². The zero-order chi connectivity index (χ0) is 13.8. The lowest BCUT2D eigenvalue weighted by Crippen LogP contribution is -2.38. The molecule has 0 bridgehead atoms. The van der Waals surface area contributed by atoms with Crippen molar-refractivity contribution >= 4 is 0 Å². The summed E-state index contributed by atoms with van der Waals surface area (Å²) in [4.78, 5) is 0. The normalized spacial score (nSPS) is 14.2. The minimum Gasteiger partial charge on any atom is -0.305 e. The van der Waals surface area contributed by atoms with E-state index in [0.29, 0.717) is 5.69 Å². The molecule has 1 aromatic heterocycles. The second kappa shape index (κ2) is 6.17. The number of halogens is 4. The highest BCUT2D eigenvalue weighted by Crippen LogP contribution is 2.21. The van der Waals surface area contributed by atoms with Gasteiger partial charge < -0.3 is 5.32 Å². The van der Waals surface area contributed by atoms with Gasteiger partial charge in [0.05, 0.1) is 12.2 Å². The topological polar surface area (TPSA) is 29.9 Å². The first-order valence-electron chi connectivity index (χ1n) is 5.77. The molecule has 0 radical (unpaired) electrons. The Morgan fingerprint density at radius 3 is 2.67 bits per heavy atom. The van der Waals surface area contributed by atoms with Crippen LogP contribution in [0.1, 0.15) is 32.0 Å². The monoisotopic (exact) mass is 267 g/mol. The van der Waals surface area contributed by atoms with E-state index in [1.165, 1.54) is 0 Å². The fourth-order valence-corrected chi connectivity index (χ4v) is 1.34. The molecule has 0 aromatic carbocycles. The highest BCUT2D eigenvalue weighted by atomic mass is 19.3. The maximum atomic E-state index is 12.6. The maximum Gasteiger partial charge on any atom is 0.319 e. The van der Waals surface area contributed by atoms with Gasteiger partial charge in [0.25, 0.3) is 0 Å². The molecule has 1 rings (SSSR count). The number of hydrogen-bond donors (Lipinski definition) is 1. The molecule has 0 saturated heterocycles. The van der Waals surface area contributed by atoms with Crippen LogP contribution in [-0.2, 0) is 6.54 Å². The molecule has 3 nitrogen and oxygen atoms in total. The van der Waals surface area contributed by atoms with Crippen molar-refractivity contribution < 1.29 is 17.6 Å². The Kier molecular flexibility index (Phi) is 5.13. The fourth-order valence-electron chi connectivity index (χ4n) is 1.34. The predicted molar refractivity (Wildman–Crippen MR) is 59.9 cm³/mol. The minimum absolute atomic E-state index is 0.0474. The molecule has 1 aromatic rings. The van der Waals surface area contributed by atoms with E-state index in [1.807, 2.05) is 13.8 Å². The molecule has 0 fully saturated rings. The van der Waals surface area contributed by atoms with Crippen molar-refractivity contribution in [2.24, 2.45) is 0 Å². The maximum absolute atomic E-state index is 12.6. The molecule has 0 spiro atoms. The number of nitrogens with one attached hydrogen (secondary N) is 1. The lowest BCUT2D eigenvalue weighted by atomic mass is 10.3. The standard InChI is InChI=1S/C11H17F4N3/c1-3-8(2)18-5-4-9(17-18)6-16-7-11(14,15)10(12)13/h4-5,8,10,16H,3,6-7H2,1-2H3. The molecule has 7 heteroatoms. The average Bonchev–Trinajstić information content (AvgIpc) is 2.76. The highest BCUT2D eigenvalue weighted by Gasteiger charge is 2.39. The van der Waals surface area contributed by atoms with Gasteiger partial charge in [0.1, 0.15) is 0 Å². The van der Waals surface area contributed by atoms with Crippen LogP contribution in [0, 0.1) is 0 Å². The summed E-state index contributed by atoms with van der Waals surface area (Å²) < 4.78 is 50.7. The van der Waals surface area contributed by atoms with Gasteiger partial charge in [-0.1, -0.05) is 6.92 Å². The molecule has 18 heavy (non-hydrogen) atoms. The van der Waals surface area contributed by atoms with Crippen molar-refractivity contribution in [2.45, 2.75) is 45.2 Å². The second-order valence-electron chi connectivity index (χ2n) is 4.21.